The summed E-state index contributed by atoms with van der Waals surface area (Å²) in [7, 11) is -2.52. The molecule has 2 aromatic carbocycles. The summed E-state index contributed by atoms with van der Waals surface area (Å²) in [6, 6.07) is 21.2. The third-order valence-electron chi connectivity index (χ3n) is 5.36. The lowest BCUT2D eigenvalue weighted by Crippen LogP contribution is -2.66. The average molecular weight is 383 g/mol. The van der Waals surface area contributed by atoms with E-state index in [1.54, 1.807) is 6.08 Å². The Morgan fingerprint density at radius 3 is 1.96 bits per heavy atom. The van der Waals surface area contributed by atoms with Gasteiger partial charge in [-0.1, -0.05) is 93.6 Å². The van der Waals surface area contributed by atoms with Crippen LogP contribution in [-0.2, 0) is 9.16 Å². The minimum atomic E-state index is -2.52. The van der Waals surface area contributed by atoms with Gasteiger partial charge in [0.15, 0.2) is 0 Å². The summed E-state index contributed by atoms with van der Waals surface area (Å²) in [5, 5.41) is 12.7. The SMILES string of the molecule is CC(C)(C)[Si](OC/C=C\[C@@H](O)[C@]1(C)CO1)(c1ccccc1)c1ccccc1. The van der Waals surface area contributed by atoms with E-state index in [9.17, 15) is 5.11 Å². The van der Waals surface area contributed by atoms with Crippen molar-refractivity contribution in [2.75, 3.05) is 13.2 Å². The third kappa shape index (κ3) is 4.09. The standard InChI is InChI=1S/C23H30O3Si/c1-22(2,3)27(19-12-7-5-8-13-19,20-14-9-6-10-15-20)26-17-11-16-21(24)23(4)18-25-23/h5-16,21,24H,17-18H2,1-4H3/b16-11-/t21-,23+/m1/s1. The van der Waals surface area contributed by atoms with E-state index in [1.165, 1.54) is 10.4 Å². The molecule has 1 fully saturated rings. The van der Waals surface area contributed by atoms with Gasteiger partial charge in [-0.2, -0.15) is 0 Å². The molecular formula is C23H30O3Si. The van der Waals surface area contributed by atoms with Crippen LogP contribution >= 0.6 is 0 Å². The third-order valence-corrected chi connectivity index (χ3v) is 10.4. The second-order valence-electron chi connectivity index (χ2n) is 8.45. The summed E-state index contributed by atoms with van der Waals surface area (Å²) >= 11 is 0. The monoisotopic (exact) mass is 382 g/mol. The van der Waals surface area contributed by atoms with Gasteiger partial charge in [0, 0.05) is 0 Å². The van der Waals surface area contributed by atoms with Crippen molar-refractivity contribution in [1.29, 1.82) is 0 Å². The summed E-state index contributed by atoms with van der Waals surface area (Å²) in [5.74, 6) is 0. The van der Waals surface area contributed by atoms with Crippen LogP contribution in [0.4, 0.5) is 0 Å². The maximum Gasteiger partial charge on any atom is 0.261 e. The van der Waals surface area contributed by atoms with Crippen molar-refractivity contribution >= 4 is 18.7 Å². The second kappa shape index (κ2) is 7.72. The molecule has 0 bridgehead atoms. The topological polar surface area (TPSA) is 42.0 Å². The van der Waals surface area contributed by atoms with Crippen LogP contribution in [0.3, 0.4) is 0 Å². The second-order valence-corrected chi connectivity index (χ2v) is 12.8. The molecule has 1 aliphatic heterocycles. The number of hydrogen-bond donors (Lipinski definition) is 1. The molecule has 0 spiro atoms. The van der Waals surface area contributed by atoms with Crippen LogP contribution in [-0.4, -0.2) is 38.3 Å². The number of rotatable bonds is 7. The number of aliphatic hydroxyl groups is 1. The molecule has 144 valence electrons. The lowest BCUT2D eigenvalue weighted by atomic mass is 10.1. The zero-order chi connectivity index (χ0) is 19.5. The van der Waals surface area contributed by atoms with Crippen molar-refractivity contribution in [2.45, 2.75) is 44.4 Å². The van der Waals surface area contributed by atoms with E-state index in [1.807, 2.05) is 25.1 Å². The van der Waals surface area contributed by atoms with Crippen molar-refractivity contribution in [1.82, 2.24) is 0 Å². The van der Waals surface area contributed by atoms with Gasteiger partial charge in [0.25, 0.3) is 8.32 Å². The van der Waals surface area contributed by atoms with E-state index < -0.39 is 20.0 Å². The summed E-state index contributed by atoms with van der Waals surface area (Å²) in [6.07, 6.45) is 3.13. The van der Waals surface area contributed by atoms with Crippen LogP contribution in [0.5, 0.6) is 0 Å². The van der Waals surface area contributed by atoms with E-state index in [-0.39, 0.29) is 5.04 Å². The molecule has 0 aliphatic carbocycles. The molecule has 3 nitrogen and oxygen atoms in total. The van der Waals surface area contributed by atoms with Crippen LogP contribution in [0.1, 0.15) is 27.7 Å². The fourth-order valence-electron chi connectivity index (χ4n) is 3.61. The molecule has 0 radical (unpaired) electrons. The predicted molar refractivity (Wildman–Crippen MR) is 113 cm³/mol. The van der Waals surface area contributed by atoms with Crippen LogP contribution < -0.4 is 10.4 Å². The fourth-order valence-corrected chi connectivity index (χ4v) is 8.11. The Balaban J connectivity index is 1.93. The Bertz CT molecular complexity index is 722. The van der Waals surface area contributed by atoms with Gasteiger partial charge in [-0.15, -0.1) is 0 Å². The highest BCUT2D eigenvalue weighted by Crippen LogP contribution is 2.36. The highest BCUT2D eigenvalue weighted by molar-refractivity contribution is 6.99. The molecule has 0 unspecified atom stereocenters. The highest BCUT2D eigenvalue weighted by atomic mass is 28.4. The Kier molecular flexibility index (Phi) is 5.73. The van der Waals surface area contributed by atoms with Gasteiger partial charge in [-0.05, 0) is 22.3 Å². The molecule has 27 heavy (non-hydrogen) atoms. The normalized spacial score (nSPS) is 21.4. The Morgan fingerprint density at radius 1 is 1.07 bits per heavy atom. The molecule has 1 saturated heterocycles. The summed E-state index contributed by atoms with van der Waals surface area (Å²) in [6.45, 7) is 9.77. The summed E-state index contributed by atoms with van der Waals surface area (Å²) < 4.78 is 12.1. The first-order valence-electron chi connectivity index (χ1n) is 9.53. The van der Waals surface area contributed by atoms with Gasteiger partial charge >= 0.3 is 0 Å². The number of hydrogen-bond acceptors (Lipinski definition) is 3. The summed E-state index contributed by atoms with van der Waals surface area (Å²) in [4.78, 5) is 0. The Labute approximate surface area is 163 Å². The van der Waals surface area contributed by atoms with Crippen molar-refractivity contribution in [2.24, 2.45) is 0 Å². The molecule has 4 heteroatoms. The largest absolute Gasteiger partial charge is 0.404 e. The van der Waals surface area contributed by atoms with Crippen molar-refractivity contribution < 1.29 is 14.3 Å². The van der Waals surface area contributed by atoms with Gasteiger partial charge in [-0.3, -0.25) is 0 Å². The van der Waals surface area contributed by atoms with E-state index in [0.717, 1.165) is 0 Å². The van der Waals surface area contributed by atoms with Gasteiger partial charge in [0.2, 0.25) is 0 Å². The number of ether oxygens (including phenoxy) is 1. The van der Waals surface area contributed by atoms with Crippen LogP contribution in [0.25, 0.3) is 0 Å². The lowest BCUT2D eigenvalue weighted by molar-refractivity contribution is 0.123. The van der Waals surface area contributed by atoms with Crippen molar-refractivity contribution in [3.05, 3.63) is 72.8 Å². The molecule has 2 atom stereocenters. The Morgan fingerprint density at radius 2 is 1.56 bits per heavy atom. The fraction of sp³-hybridized carbons (Fsp3) is 0.391. The number of benzene rings is 2. The maximum absolute atomic E-state index is 10.2. The first-order valence-corrected chi connectivity index (χ1v) is 11.4. The molecule has 1 aliphatic rings. The van der Waals surface area contributed by atoms with Crippen LogP contribution in [0, 0.1) is 0 Å². The molecule has 2 aromatic rings. The quantitative estimate of drug-likeness (QED) is 0.454. The molecular weight excluding hydrogens is 352 g/mol. The summed E-state index contributed by atoms with van der Waals surface area (Å²) in [5.41, 5.74) is -0.423. The highest BCUT2D eigenvalue weighted by Gasteiger charge is 2.50. The zero-order valence-corrected chi connectivity index (χ0v) is 17.7. The molecule has 0 amide bonds. The van der Waals surface area contributed by atoms with E-state index >= 15 is 0 Å². The first-order chi connectivity index (χ1) is 12.8. The smallest absolute Gasteiger partial charge is 0.261 e. The van der Waals surface area contributed by atoms with Crippen molar-refractivity contribution in [3.8, 4) is 0 Å². The lowest BCUT2D eigenvalue weighted by Gasteiger charge is -2.42. The molecule has 1 N–H and O–H groups in total. The van der Waals surface area contributed by atoms with E-state index in [2.05, 4.69) is 69.3 Å². The molecule has 0 saturated carbocycles. The van der Waals surface area contributed by atoms with Crippen LogP contribution in [0.15, 0.2) is 72.8 Å². The van der Waals surface area contributed by atoms with Gasteiger partial charge in [0.1, 0.15) is 11.7 Å². The minimum absolute atomic E-state index is 0.0479. The molecule has 3 rings (SSSR count). The Hall–Kier alpha value is -1.72. The van der Waals surface area contributed by atoms with E-state index in [4.69, 9.17) is 9.16 Å². The number of aliphatic hydroxyl groups excluding tert-OH is 1. The van der Waals surface area contributed by atoms with Gasteiger partial charge in [0.05, 0.1) is 13.2 Å². The predicted octanol–water partition coefficient (Wildman–Crippen LogP) is 3.27. The zero-order valence-electron chi connectivity index (χ0n) is 16.7. The number of epoxide rings is 1. The van der Waals surface area contributed by atoms with Gasteiger partial charge < -0.3 is 14.3 Å². The van der Waals surface area contributed by atoms with Crippen LogP contribution in [0.2, 0.25) is 5.04 Å². The average Bonchev–Trinajstić information content (AvgIpc) is 3.41. The molecule has 1 heterocycles. The van der Waals surface area contributed by atoms with Crippen molar-refractivity contribution in [3.63, 3.8) is 0 Å². The maximum atomic E-state index is 10.2. The molecule has 0 aromatic heterocycles. The van der Waals surface area contributed by atoms with E-state index in [0.29, 0.717) is 13.2 Å². The minimum Gasteiger partial charge on any atom is -0.404 e. The van der Waals surface area contributed by atoms with Gasteiger partial charge in [-0.25, -0.2) is 0 Å². The first kappa shape index (κ1) is 20.0.